The van der Waals surface area contributed by atoms with E-state index in [4.69, 9.17) is 4.74 Å². The first-order chi connectivity index (χ1) is 6.09. The zero-order chi connectivity index (χ0) is 9.59. The third-order valence-corrected chi connectivity index (χ3v) is 2.30. The van der Waals surface area contributed by atoms with Crippen molar-refractivity contribution in [3.63, 3.8) is 0 Å². The lowest BCUT2D eigenvalue weighted by atomic mass is 10.1. The number of rotatable bonds is 0. The Morgan fingerprint density at radius 1 is 1.38 bits per heavy atom. The highest BCUT2D eigenvalue weighted by atomic mass is 79.9. The Morgan fingerprint density at radius 2 is 2.08 bits per heavy atom. The Labute approximate surface area is 80.6 Å². The average molecular weight is 249 g/mol. The number of halogens is 3. The van der Waals surface area contributed by atoms with E-state index in [1.807, 2.05) is 0 Å². The van der Waals surface area contributed by atoms with Gasteiger partial charge in [0, 0.05) is 12.1 Å². The summed E-state index contributed by atoms with van der Waals surface area (Å²) in [6, 6.07) is 1.64. The van der Waals surface area contributed by atoms with Crippen LogP contribution in [0.4, 0.5) is 8.78 Å². The van der Waals surface area contributed by atoms with E-state index in [9.17, 15) is 13.6 Å². The van der Waals surface area contributed by atoms with Crippen molar-refractivity contribution in [1.82, 2.24) is 0 Å². The zero-order valence-electron chi connectivity index (χ0n) is 6.18. The Morgan fingerprint density at radius 3 is 2.77 bits per heavy atom. The van der Waals surface area contributed by atoms with Gasteiger partial charge in [-0.3, -0.25) is 4.79 Å². The minimum Gasteiger partial charge on any atom is -0.470 e. The van der Waals surface area contributed by atoms with E-state index in [0.717, 1.165) is 6.07 Å². The van der Waals surface area contributed by atoms with E-state index >= 15 is 0 Å². The number of fused-ring (bicyclic) bond motifs is 1. The van der Waals surface area contributed by atoms with Gasteiger partial charge in [0.1, 0.15) is 22.9 Å². The molecule has 0 spiro atoms. The van der Waals surface area contributed by atoms with E-state index in [1.165, 1.54) is 0 Å². The Balaban J connectivity index is 2.64. The fraction of sp³-hybridized carbons (Fsp3) is 0.125. The minimum absolute atomic E-state index is 0.0515. The molecule has 0 bridgehead atoms. The van der Waals surface area contributed by atoms with Gasteiger partial charge >= 0.3 is 0 Å². The fourth-order valence-corrected chi connectivity index (χ4v) is 1.59. The lowest BCUT2D eigenvalue weighted by Gasteiger charge is -1.98. The van der Waals surface area contributed by atoms with Gasteiger partial charge < -0.3 is 4.74 Å². The van der Waals surface area contributed by atoms with E-state index in [0.29, 0.717) is 6.07 Å². The van der Waals surface area contributed by atoms with Crippen LogP contribution in [0.15, 0.2) is 12.1 Å². The van der Waals surface area contributed by atoms with Gasteiger partial charge in [-0.15, -0.1) is 0 Å². The molecule has 68 valence electrons. The average Bonchev–Trinajstić information content (AvgIpc) is 2.27. The van der Waals surface area contributed by atoms with Crippen LogP contribution >= 0.6 is 15.9 Å². The smallest absolute Gasteiger partial charge is 0.220 e. The fourth-order valence-electron chi connectivity index (χ4n) is 1.16. The molecule has 0 saturated heterocycles. The van der Waals surface area contributed by atoms with Gasteiger partial charge in [-0.25, -0.2) is 8.78 Å². The van der Waals surface area contributed by atoms with Crippen molar-refractivity contribution >= 4 is 21.7 Å². The third kappa shape index (κ3) is 1.23. The van der Waals surface area contributed by atoms with E-state index < -0.39 is 22.4 Å². The number of carbonyl (C=O) groups excluding carboxylic acids is 1. The Hall–Kier alpha value is -0.970. The molecule has 0 aromatic heterocycles. The van der Waals surface area contributed by atoms with Crippen molar-refractivity contribution in [2.45, 2.75) is 5.01 Å². The Bertz CT molecular complexity index is 392. The molecule has 1 aromatic carbocycles. The van der Waals surface area contributed by atoms with Crippen LogP contribution in [0, 0.1) is 11.6 Å². The lowest BCUT2D eigenvalue weighted by molar-refractivity contribution is 0.0939. The van der Waals surface area contributed by atoms with E-state index in [-0.39, 0.29) is 11.3 Å². The molecule has 0 saturated carbocycles. The predicted molar refractivity (Wildman–Crippen MR) is 44.0 cm³/mol. The zero-order valence-corrected chi connectivity index (χ0v) is 7.77. The quantitative estimate of drug-likeness (QED) is 0.659. The maximum atomic E-state index is 13.0. The molecule has 1 aliphatic rings. The normalized spacial score (nSPS) is 19.9. The summed E-state index contributed by atoms with van der Waals surface area (Å²) in [7, 11) is 0. The maximum absolute atomic E-state index is 13.0. The standard InChI is InChI=1S/C8H3BrF2O2/c9-8-7(12)6-4(11)1-3(10)2-5(6)13-8/h1-2,8H. The Kier molecular flexibility index (Phi) is 1.83. The van der Waals surface area contributed by atoms with Gasteiger partial charge in [-0.2, -0.15) is 0 Å². The highest BCUT2D eigenvalue weighted by Crippen LogP contribution is 2.33. The largest absolute Gasteiger partial charge is 0.470 e. The highest BCUT2D eigenvalue weighted by Gasteiger charge is 2.33. The SMILES string of the molecule is O=C1c2c(F)cc(F)cc2OC1Br. The summed E-state index contributed by atoms with van der Waals surface area (Å²) in [6.45, 7) is 0. The monoisotopic (exact) mass is 248 g/mol. The predicted octanol–water partition coefficient (Wildman–Crippen LogP) is 2.26. The van der Waals surface area contributed by atoms with Crippen molar-refractivity contribution in [3.05, 3.63) is 29.3 Å². The van der Waals surface area contributed by atoms with Crippen LogP contribution < -0.4 is 4.74 Å². The molecule has 1 heterocycles. The number of hydrogen-bond donors (Lipinski definition) is 0. The molecule has 1 aliphatic heterocycles. The molecule has 5 heteroatoms. The van der Waals surface area contributed by atoms with Crippen LogP contribution in [-0.4, -0.2) is 10.8 Å². The lowest BCUT2D eigenvalue weighted by Crippen LogP contribution is -2.11. The second kappa shape index (κ2) is 2.77. The number of alkyl halides is 1. The number of Topliss-reactive ketones (excluding diaryl/α,β-unsaturated/α-hetero) is 1. The first kappa shape index (κ1) is 8.62. The number of carbonyl (C=O) groups is 1. The van der Waals surface area contributed by atoms with E-state index in [1.54, 1.807) is 0 Å². The molecule has 0 radical (unpaired) electrons. The van der Waals surface area contributed by atoms with Crippen molar-refractivity contribution in [2.75, 3.05) is 0 Å². The molecular weight excluding hydrogens is 246 g/mol. The van der Waals surface area contributed by atoms with Crippen molar-refractivity contribution < 1.29 is 18.3 Å². The molecule has 1 aromatic rings. The highest BCUT2D eigenvalue weighted by molar-refractivity contribution is 9.09. The summed E-state index contributed by atoms with van der Waals surface area (Å²) in [4.78, 5) is 11.2. The van der Waals surface area contributed by atoms with Crippen LogP contribution in [0.1, 0.15) is 10.4 Å². The van der Waals surface area contributed by atoms with Crippen LogP contribution in [0.2, 0.25) is 0 Å². The number of ketones is 1. The maximum Gasteiger partial charge on any atom is 0.220 e. The van der Waals surface area contributed by atoms with Crippen molar-refractivity contribution in [2.24, 2.45) is 0 Å². The molecule has 1 atom stereocenters. The summed E-state index contributed by atoms with van der Waals surface area (Å²) < 4.78 is 30.5. The molecule has 0 amide bonds. The number of ether oxygens (including phenoxy) is 1. The molecule has 1 unspecified atom stereocenters. The topological polar surface area (TPSA) is 26.3 Å². The van der Waals surface area contributed by atoms with Crippen LogP contribution in [0.25, 0.3) is 0 Å². The molecule has 13 heavy (non-hydrogen) atoms. The number of hydrogen-bond acceptors (Lipinski definition) is 2. The van der Waals surface area contributed by atoms with Crippen LogP contribution in [-0.2, 0) is 0 Å². The summed E-state index contributed by atoms with van der Waals surface area (Å²) in [6.07, 6.45) is 0. The second-order valence-electron chi connectivity index (χ2n) is 2.56. The third-order valence-electron chi connectivity index (χ3n) is 1.70. The molecule has 0 N–H and O–H groups in total. The second-order valence-corrected chi connectivity index (χ2v) is 3.39. The summed E-state index contributed by atoms with van der Waals surface area (Å²) in [5.74, 6) is -2.22. The van der Waals surface area contributed by atoms with Gasteiger partial charge in [-0.1, -0.05) is 0 Å². The van der Waals surface area contributed by atoms with Crippen molar-refractivity contribution in [3.8, 4) is 5.75 Å². The van der Waals surface area contributed by atoms with Gasteiger partial charge in [0.2, 0.25) is 10.8 Å². The molecule has 2 rings (SSSR count). The van der Waals surface area contributed by atoms with Crippen LogP contribution in [0.5, 0.6) is 5.75 Å². The molecule has 0 aliphatic carbocycles. The summed E-state index contributed by atoms with van der Waals surface area (Å²) in [5, 5.41) is -0.904. The molecule has 0 fully saturated rings. The van der Waals surface area contributed by atoms with Gasteiger partial charge in [-0.05, 0) is 15.9 Å². The first-order valence-corrected chi connectivity index (χ1v) is 4.35. The van der Waals surface area contributed by atoms with Gasteiger partial charge in [0.25, 0.3) is 0 Å². The van der Waals surface area contributed by atoms with Gasteiger partial charge in [0.15, 0.2) is 0 Å². The first-order valence-electron chi connectivity index (χ1n) is 3.43. The molecular formula is C8H3BrF2O2. The summed E-state index contributed by atoms with van der Waals surface area (Å²) >= 11 is 2.88. The van der Waals surface area contributed by atoms with Crippen LogP contribution in [0.3, 0.4) is 0 Å². The van der Waals surface area contributed by atoms with Gasteiger partial charge in [0.05, 0.1) is 0 Å². The molecule has 2 nitrogen and oxygen atoms in total. The minimum atomic E-state index is -0.904. The van der Waals surface area contributed by atoms with E-state index in [2.05, 4.69) is 15.9 Å². The summed E-state index contributed by atoms with van der Waals surface area (Å²) in [5.41, 5.74) is -0.191. The number of benzene rings is 1. The van der Waals surface area contributed by atoms with Crippen molar-refractivity contribution in [1.29, 1.82) is 0 Å².